The quantitative estimate of drug-likeness (QED) is 0.215. The second kappa shape index (κ2) is 10.2. The molecule has 0 aliphatic heterocycles. The van der Waals surface area contributed by atoms with E-state index in [1.54, 1.807) is 30.3 Å². The Bertz CT molecular complexity index is 1740. The molecule has 10 heteroatoms. The van der Waals surface area contributed by atoms with E-state index in [4.69, 9.17) is 9.51 Å². The highest BCUT2D eigenvalue weighted by molar-refractivity contribution is 6.00. The number of aromatic hydroxyl groups is 1. The number of hydrogen-bond donors (Lipinski definition) is 4. The molecule has 1 saturated carbocycles. The maximum absolute atomic E-state index is 13.3. The fraction of sp³-hybridized carbons (Fsp3) is 0.333. The lowest BCUT2D eigenvalue weighted by Crippen LogP contribution is -2.42. The Balaban J connectivity index is 1.31. The van der Waals surface area contributed by atoms with E-state index in [1.807, 2.05) is 26.0 Å². The molecule has 206 valence electrons. The summed E-state index contributed by atoms with van der Waals surface area (Å²) in [4.78, 5) is 33.6. The molecule has 1 aliphatic carbocycles. The SMILES string of the molecule is Cc1cc(-c2nc3cc(C(=O)N[C@@H](Cc4c(C)[nH]c5ccc(O)cc45)C(=O)O)ccc3n2C2CCCCC2)no1. The van der Waals surface area contributed by atoms with E-state index in [1.165, 1.54) is 6.42 Å². The number of imidazole rings is 1. The average molecular weight is 542 g/mol. The topological polar surface area (TPSA) is 146 Å². The van der Waals surface area contributed by atoms with Crippen molar-refractivity contribution in [3.63, 3.8) is 0 Å². The molecule has 1 amide bonds. The minimum atomic E-state index is -1.17. The van der Waals surface area contributed by atoms with Crippen LogP contribution in [0.5, 0.6) is 5.75 Å². The minimum Gasteiger partial charge on any atom is -0.508 e. The summed E-state index contributed by atoms with van der Waals surface area (Å²) in [6.07, 6.45) is 5.66. The number of aliphatic carboxylic acids is 1. The number of carbonyl (C=O) groups excluding carboxylic acids is 1. The van der Waals surface area contributed by atoms with E-state index < -0.39 is 17.9 Å². The number of nitrogens with one attached hydrogen (secondary N) is 2. The molecule has 4 N–H and O–H groups in total. The van der Waals surface area contributed by atoms with Crippen LogP contribution in [0, 0.1) is 13.8 Å². The fourth-order valence-corrected chi connectivity index (χ4v) is 5.88. The first kappa shape index (κ1) is 25.7. The van der Waals surface area contributed by atoms with Crippen molar-refractivity contribution < 1.29 is 24.3 Å². The maximum Gasteiger partial charge on any atom is 0.326 e. The number of H-pyrrole nitrogens is 1. The van der Waals surface area contributed by atoms with Crippen molar-refractivity contribution in [3.05, 3.63) is 65.0 Å². The van der Waals surface area contributed by atoms with Crippen LogP contribution < -0.4 is 5.32 Å². The molecule has 0 bridgehead atoms. The lowest BCUT2D eigenvalue weighted by molar-refractivity contribution is -0.139. The van der Waals surface area contributed by atoms with E-state index in [-0.39, 0.29) is 18.2 Å². The zero-order valence-corrected chi connectivity index (χ0v) is 22.4. The number of carbonyl (C=O) groups is 2. The summed E-state index contributed by atoms with van der Waals surface area (Å²) < 4.78 is 7.54. The van der Waals surface area contributed by atoms with Crippen LogP contribution in [0.25, 0.3) is 33.5 Å². The summed E-state index contributed by atoms with van der Waals surface area (Å²) in [5.41, 5.74) is 4.82. The van der Waals surface area contributed by atoms with E-state index >= 15 is 0 Å². The molecule has 0 radical (unpaired) electrons. The first-order valence-corrected chi connectivity index (χ1v) is 13.6. The van der Waals surface area contributed by atoms with Gasteiger partial charge in [0, 0.05) is 40.7 Å². The van der Waals surface area contributed by atoms with Gasteiger partial charge in [0.1, 0.15) is 23.2 Å². The van der Waals surface area contributed by atoms with Gasteiger partial charge in [-0.3, -0.25) is 4.79 Å². The smallest absolute Gasteiger partial charge is 0.326 e. The zero-order valence-electron chi connectivity index (χ0n) is 22.4. The first-order chi connectivity index (χ1) is 19.3. The van der Waals surface area contributed by atoms with Crippen molar-refractivity contribution in [3.8, 4) is 17.3 Å². The van der Waals surface area contributed by atoms with Crippen LogP contribution in [-0.4, -0.2) is 47.8 Å². The van der Waals surface area contributed by atoms with Crippen molar-refractivity contribution in [2.45, 2.75) is 64.5 Å². The number of phenols is 1. The van der Waals surface area contributed by atoms with Crippen LogP contribution >= 0.6 is 0 Å². The monoisotopic (exact) mass is 541 g/mol. The number of aromatic nitrogens is 4. The van der Waals surface area contributed by atoms with Crippen LogP contribution in [0.3, 0.4) is 0 Å². The lowest BCUT2D eigenvalue weighted by atomic mass is 9.95. The molecule has 40 heavy (non-hydrogen) atoms. The molecule has 0 unspecified atom stereocenters. The van der Waals surface area contributed by atoms with E-state index in [2.05, 4.69) is 20.0 Å². The summed E-state index contributed by atoms with van der Waals surface area (Å²) in [5.74, 6) is -0.158. The number of carboxylic acids is 1. The number of phenolic OH excluding ortho intramolecular Hbond substituents is 1. The van der Waals surface area contributed by atoms with Crippen LogP contribution in [0.1, 0.15) is 65.5 Å². The van der Waals surface area contributed by atoms with Gasteiger partial charge < -0.3 is 29.6 Å². The highest BCUT2D eigenvalue weighted by Crippen LogP contribution is 2.36. The Kier molecular flexibility index (Phi) is 6.53. The number of hydrogen-bond acceptors (Lipinski definition) is 6. The number of carboxylic acid groups (broad SMARTS) is 1. The van der Waals surface area contributed by atoms with Crippen LogP contribution in [0.2, 0.25) is 0 Å². The van der Waals surface area contributed by atoms with Gasteiger partial charge in [0.15, 0.2) is 5.82 Å². The van der Waals surface area contributed by atoms with Gasteiger partial charge in [0.25, 0.3) is 5.91 Å². The predicted octanol–water partition coefficient (Wildman–Crippen LogP) is 5.43. The van der Waals surface area contributed by atoms with Gasteiger partial charge >= 0.3 is 5.97 Å². The summed E-state index contributed by atoms with van der Waals surface area (Å²) in [6, 6.07) is 11.2. The van der Waals surface area contributed by atoms with Gasteiger partial charge in [0.05, 0.1) is 11.0 Å². The van der Waals surface area contributed by atoms with Crippen molar-refractivity contribution in [1.29, 1.82) is 0 Å². The molecule has 1 fully saturated rings. The van der Waals surface area contributed by atoms with Crippen LogP contribution in [0.4, 0.5) is 0 Å². The molecule has 10 nitrogen and oxygen atoms in total. The van der Waals surface area contributed by atoms with Crippen molar-refractivity contribution in [1.82, 2.24) is 25.0 Å². The standard InChI is InChI=1S/C30H31N5O5/c1-16-12-25(34-40-16)28-32-24-13-18(8-11-27(24)35(28)19-6-4-3-5-7-19)29(37)33-26(30(38)39)15-21-17(2)31-23-10-9-20(36)14-22(21)23/h8-14,19,26,31,36H,3-7,15H2,1-2H3,(H,33,37)(H,38,39)/t26-/m0/s1. The van der Waals surface area contributed by atoms with Gasteiger partial charge in [0.2, 0.25) is 0 Å². The zero-order chi connectivity index (χ0) is 28.0. The van der Waals surface area contributed by atoms with Gasteiger partial charge in [-0.05, 0) is 68.7 Å². The van der Waals surface area contributed by atoms with Crippen LogP contribution in [0.15, 0.2) is 47.0 Å². The summed E-state index contributed by atoms with van der Waals surface area (Å²) >= 11 is 0. The summed E-state index contributed by atoms with van der Waals surface area (Å²) in [6.45, 7) is 3.68. The second-order valence-electron chi connectivity index (χ2n) is 10.7. The average Bonchev–Trinajstić information content (AvgIpc) is 3.63. The summed E-state index contributed by atoms with van der Waals surface area (Å²) in [5, 5.41) is 27.5. The molecule has 0 spiro atoms. The number of nitrogens with zero attached hydrogens (tertiary/aromatic N) is 3. The number of fused-ring (bicyclic) bond motifs is 2. The molecule has 6 rings (SSSR count). The predicted molar refractivity (Wildman–Crippen MR) is 149 cm³/mol. The third-order valence-corrected chi connectivity index (χ3v) is 7.86. The Morgan fingerprint density at radius 1 is 1.12 bits per heavy atom. The van der Waals surface area contributed by atoms with E-state index in [0.717, 1.165) is 53.4 Å². The molecule has 5 aromatic rings. The number of benzene rings is 2. The first-order valence-electron chi connectivity index (χ1n) is 13.6. The van der Waals surface area contributed by atoms with Crippen molar-refractivity contribution in [2.24, 2.45) is 0 Å². The lowest BCUT2D eigenvalue weighted by Gasteiger charge is -2.25. The largest absolute Gasteiger partial charge is 0.508 e. The number of amides is 1. The third kappa shape index (κ3) is 4.70. The Morgan fingerprint density at radius 3 is 2.65 bits per heavy atom. The Labute approximate surface area is 230 Å². The van der Waals surface area contributed by atoms with Crippen molar-refractivity contribution >= 4 is 33.8 Å². The summed E-state index contributed by atoms with van der Waals surface area (Å²) in [7, 11) is 0. The molecule has 0 saturated heterocycles. The molecule has 3 heterocycles. The van der Waals surface area contributed by atoms with Gasteiger partial charge in [-0.1, -0.05) is 24.4 Å². The molecular weight excluding hydrogens is 510 g/mol. The molecule has 2 aromatic carbocycles. The molecular formula is C30H31N5O5. The van der Waals surface area contributed by atoms with Crippen molar-refractivity contribution in [2.75, 3.05) is 0 Å². The number of aromatic amines is 1. The maximum atomic E-state index is 13.3. The van der Waals surface area contributed by atoms with Gasteiger partial charge in [-0.15, -0.1) is 0 Å². The Hall–Kier alpha value is -4.60. The minimum absolute atomic E-state index is 0.0601. The van der Waals surface area contributed by atoms with Gasteiger partial charge in [-0.25, -0.2) is 9.78 Å². The van der Waals surface area contributed by atoms with Gasteiger partial charge in [-0.2, -0.15) is 0 Å². The van der Waals surface area contributed by atoms with E-state index in [0.29, 0.717) is 28.4 Å². The highest BCUT2D eigenvalue weighted by atomic mass is 16.5. The molecule has 1 atom stereocenters. The second-order valence-corrected chi connectivity index (χ2v) is 10.7. The van der Waals surface area contributed by atoms with Crippen LogP contribution in [-0.2, 0) is 11.2 Å². The normalized spacial score (nSPS) is 15.1. The highest BCUT2D eigenvalue weighted by Gasteiger charge is 2.27. The third-order valence-electron chi connectivity index (χ3n) is 7.86. The molecule has 3 aromatic heterocycles. The number of rotatable bonds is 7. The number of aryl methyl sites for hydroxylation is 2. The fourth-order valence-electron chi connectivity index (χ4n) is 5.88. The molecule has 1 aliphatic rings. The van der Waals surface area contributed by atoms with E-state index in [9.17, 15) is 19.8 Å². The Morgan fingerprint density at radius 2 is 1.93 bits per heavy atom.